The van der Waals surface area contributed by atoms with Crippen LogP contribution < -0.4 is 4.72 Å². The fourth-order valence-electron chi connectivity index (χ4n) is 2.56. The number of anilines is 1. The molecule has 3 aromatic carbocycles. The lowest BCUT2D eigenvalue weighted by molar-refractivity contribution is 0.469. The first kappa shape index (κ1) is 18.2. The molecule has 0 amide bonds. The van der Waals surface area contributed by atoms with Gasteiger partial charge < -0.3 is 5.11 Å². The number of aromatic hydroxyl groups is 1. The Morgan fingerprint density at radius 3 is 2.04 bits per heavy atom. The van der Waals surface area contributed by atoms with Crippen LogP contribution in [0.4, 0.5) is 5.69 Å². The molecule has 7 nitrogen and oxygen atoms in total. The van der Waals surface area contributed by atoms with Crippen molar-refractivity contribution in [1.82, 2.24) is 0 Å². The number of rotatable bonds is 4. The smallest absolute Gasteiger partial charge is 0.295 e. The van der Waals surface area contributed by atoms with Gasteiger partial charge in [0.1, 0.15) is 10.6 Å². The van der Waals surface area contributed by atoms with Crippen molar-refractivity contribution >= 4 is 36.6 Å². The highest BCUT2D eigenvalue weighted by Crippen LogP contribution is 2.38. The van der Waals surface area contributed by atoms with Gasteiger partial charge in [-0.3, -0.25) is 9.27 Å². The topological polar surface area (TPSA) is 121 Å². The predicted octanol–water partition coefficient (Wildman–Crippen LogP) is 2.90. The molecule has 3 aromatic rings. The largest absolute Gasteiger partial charge is 0.506 e. The zero-order valence-corrected chi connectivity index (χ0v) is 15.2. The van der Waals surface area contributed by atoms with Crippen LogP contribution in [0, 0.1) is 6.92 Å². The quantitative estimate of drug-likeness (QED) is 0.463. The van der Waals surface area contributed by atoms with Gasteiger partial charge in [0.25, 0.3) is 20.1 Å². The summed E-state index contributed by atoms with van der Waals surface area (Å²) in [6.07, 6.45) is 0. The molecule has 0 spiro atoms. The Kier molecular flexibility index (Phi) is 4.39. The minimum absolute atomic E-state index is 0.00885. The van der Waals surface area contributed by atoms with E-state index in [9.17, 15) is 26.5 Å². The van der Waals surface area contributed by atoms with Crippen LogP contribution in [0.1, 0.15) is 5.56 Å². The standard InChI is InChI=1S/C17H15NO6S2/c1-11-6-8-12(9-7-11)25(20,21)18-17-14-5-3-2-4-13(14)16(10-15(17)19)26(22,23)24/h2-10,18-19H,1H3,(H,22,23,24). The molecule has 0 heterocycles. The highest BCUT2D eigenvalue weighted by atomic mass is 32.2. The highest BCUT2D eigenvalue weighted by Gasteiger charge is 2.23. The van der Waals surface area contributed by atoms with Crippen LogP contribution in [-0.4, -0.2) is 26.5 Å². The number of benzene rings is 3. The van der Waals surface area contributed by atoms with Crippen molar-refractivity contribution in [1.29, 1.82) is 0 Å². The number of aryl methyl sites for hydroxylation is 1. The molecule has 0 bridgehead atoms. The first-order valence-electron chi connectivity index (χ1n) is 7.41. The van der Waals surface area contributed by atoms with Crippen LogP contribution in [-0.2, 0) is 20.1 Å². The second-order valence-electron chi connectivity index (χ2n) is 5.71. The van der Waals surface area contributed by atoms with Crippen LogP contribution in [0.15, 0.2) is 64.4 Å². The van der Waals surface area contributed by atoms with Crippen LogP contribution in [0.5, 0.6) is 5.75 Å². The maximum atomic E-state index is 12.6. The third-order valence-corrected chi connectivity index (χ3v) is 6.09. The van der Waals surface area contributed by atoms with Gasteiger partial charge >= 0.3 is 0 Å². The lowest BCUT2D eigenvalue weighted by atomic mass is 10.1. The molecule has 0 atom stereocenters. The van der Waals surface area contributed by atoms with Crippen molar-refractivity contribution in [2.45, 2.75) is 16.7 Å². The number of nitrogens with one attached hydrogen (secondary N) is 1. The summed E-state index contributed by atoms with van der Waals surface area (Å²) in [6.45, 7) is 1.82. The van der Waals surface area contributed by atoms with Crippen LogP contribution >= 0.6 is 0 Å². The van der Waals surface area contributed by atoms with Crippen molar-refractivity contribution < 1.29 is 26.5 Å². The molecule has 0 aliphatic carbocycles. The predicted molar refractivity (Wildman–Crippen MR) is 97.4 cm³/mol. The molecule has 0 saturated heterocycles. The Hall–Kier alpha value is -2.62. The van der Waals surface area contributed by atoms with Gasteiger partial charge in [0.15, 0.2) is 0 Å². The van der Waals surface area contributed by atoms with Crippen LogP contribution in [0.3, 0.4) is 0 Å². The summed E-state index contributed by atoms with van der Waals surface area (Å²) >= 11 is 0. The van der Waals surface area contributed by atoms with E-state index in [2.05, 4.69) is 4.72 Å². The zero-order chi connectivity index (χ0) is 19.1. The van der Waals surface area contributed by atoms with Gasteiger partial charge in [-0.1, -0.05) is 42.0 Å². The fraction of sp³-hybridized carbons (Fsp3) is 0.0588. The van der Waals surface area contributed by atoms with Crippen molar-refractivity contribution in [2.75, 3.05) is 4.72 Å². The minimum Gasteiger partial charge on any atom is -0.506 e. The van der Waals surface area contributed by atoms with E-state index in [-0.39, 0.29) is 21.4 Å². The van der Waals surface area contributed by atoms with Crippen LogP contribution in [0.2, 0.25) is 0 Å². The summed E-state index contributed by atoms with van der Waals surface area (Å²) in [5, 5.41) is 10.4. The van der Waals surface area contributed by atoms with Gasteiger partial charge in [-0.25, -0.2) is 8.42 Å². The minimum atomic E-state index is -4.61. The zero-order valence-electron chi connectivity index (χ0n) is 13.5. The summed E-state index contributed by atoms with van der Waals surface area (Å²) in [5.41, 5.74) is 0.711. The molecular weight excluding hydrogens is 378 g/mol. The lowest BCUT2D eigenvalue weighted by Crippen LogP contribution is -2.14. The number of phenolic OH excluding ortho intramolecular Hbond substituents is 1. The average molecular weight is 393 g/mol. The average Bonchev–Trinajstić information content (AvgIpc) is 2.56. The number of hydrogen-bond acceptors (Lipinski definition) is 5. The fourth-order valence-corrected chi connectivity index (χ4v) is 4.37. The van der Waals surface area contributed by atoms with E-state index in [1.165, 1.54) is 30.3 Å². The van der Waals surface area contributed by atoms with Gasteiger partial charge in [-0.15, -0.1) is 0 Å². The Morgan fingerprint density at radius 1 is 0.885 bits per heavy atom. The third-order valence-electron chi connectivity index (χ3n) is 3.83. The highest BCUT2D eigenvalue weighted by molar-refractivity contribution is 7.92. The molecule has 3 N–H and O–H groups in total. The van der Waals surface area contributed by atoms with Crippen molar-refractivity contribution in [3.05, 3.63) is 60.2 Å². The monoisotopic (exact) mass is 393 g/mol. The molecule has 0 aliphatic heterocycles. The molecular formula is C17H15NO6S2. The third kappa shape index (κ3) is 3.36. The molecule has 26 heavy (non-hydrogen) atoms. The summed E-state index contributed by atoms with van der Waals surface area (Å²) < 4.78 is 60.0. The van der Waals surface area contributed by atoms with E-state index in [1.54, 1.807) is 18.2 Å². The maximum Gasteiger partial charge on any atom is 0.295 e. The summed E-state index contributed by atoms with van der Waals surface area (Å²) in [5.74, 6) is -0.619. The Bertz CT molecular complexity index is 1200. The van der Waals surface area contributed by atoms with Gasteiger partial charge in [0, 0.05) is 16.8 Å². The molecule has 0 aromatic heterocycles. The number of fused-ring (bicyclic) bond motifs is 1. The Labute approximate surface area is 150 Å². The van der Waals surface area contributed by atoms with E-state index in [4.69, 9.17) is 0 Å². The van der Waals surface area contributed by atoms with E-state index < -0.39 is 30.8 Å². The van der Waals surface area contributed by atoms with E-state index in [1.807, 2.05) is 6.92 Å². The molecule has 136 valence electrons. The molecule has 0 aliphatic rings. The molecule has 0 saturated carbocycles. The SMILES string of the molecule is Cc1ccc(S(=O)(=O)Nc2c(O)cc(S(=O)(=O)O)c3ccccc23)cc1. The van der Waals surface area contributed by atoms with Crippen molar-refractivity contribution in [3.8, 4) is 5.75 Å². The summed E-state index contributed by atoms with van der Waals surface area (Å²) in [4.78, 5) is -0.519. The molecule has 9 heteroatoms. The van der Waals surface area contributed by atoms with Gasteiger partial charge in [-0.05, 0) is 19.1 Å². The first-order valence-corrected chi connectivity index (χ1v) is 10.3. The summed E-state index contributed by atoms with van der Waals surface area (Å²) in [7, 11) is -8.62. The Balaban J connectivity index is 2.20. The normalized spacial score (nSPS) is 12.2. The van der Waals surface area contributed by atoms with Crippen LogP contribution in [0.25, 0.3) is 10.8 Å². The number of sulfonamides is 1. The van der Waals surface area contributed by atoms with Gasteiger partial charge in [0.2, 0.25) is 0 Å². The molecule has 3 rings (SSSR count). The van der Waals surface area contributed by atoms with Crippen molar-refractivity contribution in [2.24, 2.45) is 0 Å². The molecule has 0 unspecified atom stereocenters. The molecule has 0 fully saturated rings. The first-order chi connectivity index (χ1) is 12.1. The lowest BCUT2D eigenvalue weighted by Gasteiger charge is -2.14. The second-order valence-corrected chi connectivity index (χ2v) is 8.78. The number of phenols is 1. The van der Waals surface area contributed by atoms with Crippen molar-refractivity contribution in [3.63, 3.8) is 0 Å². The van der Waals surface area contributed by atoms with Gasteiger partial charge in [-0.2, -0.15) is 8.42 Å². The molecule has 0 radical (unpaired) electrons. The van der Waals surface area contributed by atoms with E-state index in [0.717, 1.165) is 11.6 Å². The number of hydrogen-bond donors (Lipinski definition) is 3. The second kappa shape index (κ2) is 6.27. The Morgan fingerprint density at radius 2 is 1.46 bits per heavy atom. The van der Waals surface area contributed by atoms with E-state index in [0.29, 0.717) is 0 Å². The summed E-state index contributed by atoms with van der Waals surface area (Å²) in [6, 6.07) is 12.9. The van der Waals surface area contributed by atoms with Gasteiger partial charge in [0.05, 0.1) is 10.6 Å². The van der Waals surface area contributed by atoms with E-state index >= 15 is 0 Å². The maximum absolute atomic E-state index is 12.6.